The molecule has 0 spiro atoms. The first-order chi connectivity index (χ1) is 15.8. The van der Waals surface area contributed by atoms with Crippen LogP contribution < -0.4 is 5.43 Å². The molecule has 170 valence electrons. The maximum absolute atomic E-state index is 15.0. The number of amides is 1. The Balaban J connectivity index is 1.82. The second kappa shape index (κ2) is 7.72. The zero-order chi connectivity index (χ0) is 23.4. The van der Waals surface area contributed by atoms with Gasteiger partial charge < -0.3 is 10.0 Å². The van der Waals surface area contributed by atoms with Crippen molar-refractivity contribution in [3.8, 4) is 5.75 Å². The molecule has 0 radical (unpaired) electrons. The highest BCUT2D eigenvalue weighted by Crippen LogP contribution is 2.46. The van der Waals surface area contributed by atoms with Crippen LogP contribution in [0.2, 0.25) is 0 Å². The van der Waals surface area contributed by atoms with Crippen LogP contribution in [-0.2, 0) is 0 Å². The van der Waals surface area contributed by atoms with Gasteiger partial charge in [0.1, 0.15) is 11.6 Å². The molecule has 6 nitrogen and oxygen atoms in total. The third-order valence-corrected chi connectivity index (χ3v) is 6.36. The number of aromatic hydroxyl groups is 1. The minimum Gasteiger partial charge on any atom is -0.502 e. The number of rotatable bonds is 3. The molecule has 33 heavy (non-hydrogen) atoms. The van der Waals surface area contributed by atoms with E-state index in [1.807, 2.05) is 0 Å². The van der Waals surface area contributed by atoms with E-state index in [0.717, 1.165) is 41.2 Å². The van der Waals surface area contributed by atoms with Crippen molar-refractivity contribution in [2.24, 2.45) is 0 Å². The third-order valence-electron chi connectivity index (χ3n) is 6.36. The number of hydrogen-bond donors (Lipinski definition) is 1. The molecule has 3 aromatic rings. The number of benzene rings is 2. The standard InChI is InChI=1S/C23H17F4N3O3/c24-12-4-6-14(25)13(9-12)19(11-3-5-15(26)16(27)8-11)20-17-2-1-7-29(17)23(33)21-22(32)18(31)10-28-30(20)21/h3-6,8-10,17,19-20,32H,1-2,7H2/t17-,19-,20-/m1/s1. The predicted octanol–water partition coefficient (Wildman–Crippen LogP) is 3.50. The maximum atomic E-state index is 15.0. The molecule has 1 N–H and O–H groups in total. The molecule has 1 amide bonds. The van der Waals surface area contributed by atoms with E-state index >= 15 is 4.39 Å². The number of nitrogens with zero attached hydrogens (tertiary/aromatic N) is 3. The molecule has 10 heteroatoms. The Morgan fingerprint density at radius 2 is 1.76 bits per heavy atom. The summed E-state index contributed by atoms with van der Waals surface area (Å²) < 4.78 is 58.3. The van der Waals surface area contributed by atoms with Gasteiger partial charge in [-0.1, -0.05) is 6.07 Å². The Hall–Kier alpha value is -3.69. The Morgan fingerprint density at radius 1 is 1.00 bits per heavy atom. The summed E-state index contributed by atoms with van der Waals surface area (Å²) in [5.41, 5.74) is -1.28. The van der Waals surface area contributed by atoms with Gasteiger partial charge >= 0.3 is 0 Å². The normalized spacial score (nSPS) is 20.5. The molecule has 5 rings (SSSR count). The van der Waals surface area contributed by atoms with Gasteiger partial charge in [0.2, 0.25) is 5.43 Å². The minimum absolute atomic E-state index is 0.121. The van der Waals surface area contributed by atoms with E-state index in [1.165, 1.54) is 11.0 Å². The molecule has 0 unspecified atom stereocenters. The fourth-order valence-electron chi connectivity index (χ4n) is 4.97. The average molecular weight is 459 g/mol. The first kappa shape index (κ1) is 21.2. The average Bonchev–Trinajstić information content (AvgIpc) is 3.27. The third kappa shape index (κ3) is 3.28. The van der Waals surface area contributed by atoms with E-state index in [0.29, 0.717) is 19.4 Å². The lowest BCUT2D eigenvalue weighted by molar-refractivity contribution is 0.0564. The number of halogens is 4. The van der Waals surface area contributed by atoms with Crippen molar-refractivity contribution in [2.75, 3.05) is 6.54 Å². The van der Waals surface area contributed by atoms with E-state index in [-0.39, 0.29) is 16.8 Å². The number of aromatic nitrogens is 2. The summed E-state index contributed by atoms with van der Waals surface area (Å²) >= 11 is 0. The summed E-state index contributed by atoms with van der Waals surface area (Å²) in [6, 6.07) is 4.34. The molecule has 3 atom stereocenters. The quantitative estimate of drug-likeness (QED) is 0.609. The van der Waals surface area contributed by atoms with E-state index in [9.17, 15) is 27.9 Å². The fraction of sp³-hybridized carbons (Fsp3) is 0.261. The van der Waals surface area contributed by atoms with Crippen molar-refractivity contribution in [3.05, 3.63) is 92.9 Å². The molecule has 1 fully saturated rings. The SMILES string of the molecule is O=C1c2c(O)c(=O)cnn2[C@@H]([C@H](c2ccc(F)c(F)c2)c2cc(F)ccc2F)[C@H]2CCCN12. The maximum Gasteiger partial charge on any atom is 0.276 e. The lowest BCUT2D eigenvalue weighted by Crippen LogP contribution is -2.51. The van der Waals surface area contributed by atoms with Crippen LogP contribution in [0.4, 0.5) is 17.6 Å². The Morgan fingerprint density at radius 3 is 2.52 bits per heavy atom. The van der Waals surface area contributed by atoms with Gasteiger partial charge in [-0.3, -0.25) is 14.3 Å². The zero-order valence-corrected chi connectivity index (χ0v) is 17.0. The van der Waals surface area contributed by atoms with Gasteiger partial charge in [-0.05, 0) is 48.7 Å². The molecule has 0 saturated carbocycles. The van der Waals surface area contributed by atoms with Gasteiger partial charge in [-0.15, -0.1) is 0 Å². The molecular formula is C23H17F4N3O3. The van der Waals surface area contributed by atoms with E-state index in [2.05, 4.69) is 5.10 Å². The first-order valence-electron chi connectivity index (χ1n) is 10.3. The summed E-state index contributed by atoms with van der Waals surface area (Å²) in [5.74, 6) is -6.37. The summed E-state index contributed by atoms with van der Waals surface area (Å²) in [7, 11) is 0. The van der Waals surface area contributed by atoms with Gasteiger partial charge in [-0.25, -0.2) is 17.6 Å². The Bertz CT molecular complexity index is 1340. The van der Waals surface area contributed by atoms with Gasteiger partial charge in [0.05, 0.1) is 18.3 Å². The van der Waals surface area contributed by atoms with E-state index in [1.54, 1.807) is 0 Å². The van der Waals surface area contributed by atoms with Crippen molar-refractivity contribution in [1.29, 1.82) is 0 Å². The Labute approximate surface area is 184 Å². The monoisotopic (exact) mass is 459 g/mol. The van der Waals surface area contributed by atoms with Crippen LogP contribution in [0, 0.1) is 23.3 Å². The van der Waals surface area contributed by atoms with Crippen LogP contribution in [0.25, 0.3) is 0 Å². The van der Waals surface area contributed by atoms with Crippen molar-refractivity contribution < 1.29 is 27.5 Å². The van der Waals surface area contributed by atoms with Crippen LogP contribution in [0.1, 0.15) is 46.4 Å². The van der Waals surface area contributed by atoms with Gasteiger partial charge in [0, 0.05) is 18.0 Å². The van der Waals surface area contributed by atoms with Gasteiger partial charge in [0.25, 0.3) is 5.91 Å². The molecule has 3 heterocycles. The highest BCUT2D eigenvalue weighted by atomic mass is 19.2. The van der Waals surface area contributed by atoms with Crippen LogP contribution in [0.3, 0.4) is 0 Å². The lowest BCUT2D eigenvalue weighted by Gasteiger charge is -2.42. The topological polar surface area (TPSA) is 75.4 Å². The second-order valence-electron chi connectivity index (χ2n) is 8.17. The molecule has 1 aromatic heterocycles. The molecule has 0 aliphatic carbocycles. The van der Waals surface area contributed by atoms with Crippen molar-refractivity contribution >= 4 is 5.91 Å². The summed E-state index contributed by atoms with van der Waals surface area (Å²) in [5, 5.41) is 14.4. The molecule has 0 bridgehead atoms. The highest BCUT2D eigenvalue weighted by Gasteiger charge is 2.48. The Kier molecular flexibility index (Phi) is 4.95. The van der Waals surface area contributed by atoms with Crippen molar-refractivity contribution in [3.63, 3.8) is 0 Å². The predicted molar refractivity (Wildman–Crippen MR) is 108 cm³/mol. The molecule has 2 aliphatic heterocycles. The molecule has 1 saturated heterocycles. The number of carbonyl (C=O) groups excluding carboxylic acids is 1. The minimum atomic E-state index is -1.18. The van der Waals surface area contributed by atoms with Crippen molar-refractivity contribution in [1.82, 2.24) is 14.7 Å². The van der Waals surface area contributed by atoms with Crippen LogP contribution in [-0.4, -0.2) is 38.3 Å². The van der Waals surface area contributed by atoms with Gasteiger partial charge in [0.15, 0.2) is 23.1 Å². The molecular weight excluding hydrogens is 442 g/mol. The smallest absolute Gasteiger partial charge is 0.276 e. The summed E-state index contributed by atoms with van der Waals surface area (Å²) in [6.45, 7) is 0.318. The van der Waals surface area contributed by atoms with Crippen LogP contribution in [0.15, 0.2) is 47.4 Å². The number of fused-ring (bicyclic) bond motifs is 2. The van der Waals surface area contributed by atoms with E-state index in [4.69, 9.17) is 0 Å². The number of carbonyl (C=O) groups is 1. The largest absolute Gasteiger partial charge is 0.502 e. The lowest BCUT2D eigenvalue weighted by atomic mass is 9.79. The second-order valence-corrected chi connectivity index (χ2v) is 8.17. The summed E-state index contributed by atoms with van der Waals surface area (Å²) in [6.07, 6.45) is 1.89. The fourth-order valence-corrected chi connectivity index (χ4v) is 4.97. The van der Waals surface area contributed by atoms with Crippen LogP contribution >= 0.6 is 0 Å². The first-order valence-corrected chi connectivity index (χ1v) is 10.3. The van der Waals surface area contributed by atoms with Gasteiger partial charge in [-0.2, -0.15) is 5.10 Å². The van der Waals surface area contributed by atoms with Crippen molar-refractivity contribution in [2.45, 2.75) is 30.8 Å². The highest BCUT2D eigenvalue weighted by molar-refractivity contribution is 5.96. The number of hydrogen-bond acceptors (Lipinski definition) is 4. The molecule has 2 aliphatic rings. The molecule has 2 aromatic carbocycles. The van der Waals surface area contributed by atoms with Crippen LogP contribution in [0.5, 0.6) is 5.75 Å². The zero-order valence-electron chi connectivity index (χ0n) is 17.0. The van der Waals surface area contributed by atoms with E-state index < -0.39 is 58.4 Å². The summed E-state index contributed by atoms with van der Waals surface area (Å²) in [4.78, 5) is 26.5.